The third-order valence-corrected chi connectivity index (χ3v) is 4.63. The summed E-state index contributed by atoms with van der Waals surface area (Å²) >= 11 is 6.22. The van der Waals surface area contributed by atoms with Crippen LogP contribution in [0, 0.1) is 0 Å². The van der Waals surface area contributed by atoms with Gasteiger partial charge in [0.05, 0.1) is 36.7 Å². The quantitative estimate of drug-likeness (QED) is 0.685. The Morgan fingerprint density at radius 3 is 2.64 bits per heavy atom. The largest absolute Gasteiger partial charge is 0.493 e. The van der Waals surface area contributed by atoms with Gasteiger partial charge in [-0.2, -0.15) is 0 Å². The zero-order chi connectivity index (χ0) is 20.3. The number of hydrogen-bond donors (Lipinski definition) is 1. The number of amides is 1. The highest BCUT2D eigenvalue weighted by atomic mass is 35.5. The molecule has 2 aromatic carbocycles. The molecule has 0 fully saturated rings. The molecule has 0 aliphatic carbocycles. The van der Waals surface area contributed by atoms with Crippen molar-refractivity contribution in [2.24, 2.45) is 0 Å². The fraction of sp³-hybridized carbons (Fsp3) is 0.250. The number of ether oxygens (including phenoxy) is 2. The Kier molecular flexibility index (Phi) is 5.84. The molecule has 0 saturated heterocycles. The first-order valence-electron chi connectivity index (χ1n) is 8.67. The number of benzene rings is 2. The molecule has 3 rings (SSSR count). The molecule has 0 aliphatic rings. The highest BCUT2D eigenvalue weighted by Gasteiger charge is 2.20. The molecule has 0 radical (unpaired) electrons. The summed E-state index contributed by atoms with van der Waals surface area (Å²) in [5, 5.41) is 0.783. The van der Waals surface area contributed by atoms with Gasteiger partial charge in [-0.15, -0.1) is 0 Å². The molecule has 0 atom stereocenters. The van der Waals surface area contributed by atoms with Gasteiger partial charge in [-0.1, -0.05) is 23.7 Å². The predicted octanol–water partition coefficient (Wildman–Crippen LogP) is 3.26. The van der Waals surface area contributed by atoms with E-state index in [4.69, 9.17) is 21.1 Å². The molecule has 8 heteroatoms. The van der Waals surface area contributed by atoms with Gasteiger partial charge >= 0.3 is 0 Å². The Hall–Kier alpha value is -3.06. The molecule has 3 aromatic rings. The van der Waals surface area contributed by atoms with E-state index in [1.54, 1.807) is 29.2 Å². The van der Waals surface area contributed by atoms with Crippen molar-refractivity contribution in [1.29, 1.82) is 0 Å². The fourth-order valence-electron chi connectivity index (χ4n) is 2.94. The normalized spacial score (nSPS) is 10.7. The summed E-state index contributed by atoms with van der Waals surface area (Å²) in [6, 6.07) is 10.2. The lowest BCUT2D eigenvalue weighted by Crippen LogP contribution is -2.32. The first-order valence-corrected chi connectivity index (χ1v) is 9.05. The van der Waals surface area contributed by atoms with Crippen molar-refractivity contribution in [1.82, 2.24) is 14.9 Å². The van der Waals surface area contributed by atoms with E-state index in [0.717, 1.165) is 0 Å². The van der Waals surface area contributed by atoms with Crippen LogP contribution in [0.15, 0.2) is 41.2 Å². The molecule has 0 spiro atoms. The summed E-state index contributed by atoms with van der Waals surface area (Å²) in [5.41, 5.74) is 0.699. The zero-order valence-corrected chi connectivity index (χ0v) is 16.5. The lowest BCUT2D eigenvalue weighted by atomic mass is 10.1. The third-order valence-electron chi connectivity index (χ3n) is 4.35. The number of hydrogen-bond acceptors (Lipinski definition) is 5. The molecule has 0 bridgehead atoms. The van der Waals surface area contributed by atoms with E-state index in [1.807, 2.05) is 13.0 Å². The fourth-order valence-corrected chi connectivity index (χ4v) is 3.23. The van der Waals surface area contributed by atoms with Gasteiger partial charge in [0, 0.05) is 12.1 Å². The van der Waals surface area contributed by atoms with E-state index >= 15 is 0 Å². The van der Waals surface area contributed by atoms with Crippen molar-refractivity contribution in [2.45, 2.75) is 13.5 Å². The second-order valence-corrected chi connectivity index (χ2v) is 6.45. The summed E-state index contributed by atoms with van der Waals surface area (Å²) < 4.78 is 10.5. The maximum absolute atomic E-state index is 13.0. The van der Waals surface area contributed by atoms with Crippen LogP contribution in [0.3, 0.4) is 0 Å². The average Bonchev–Trinajstić information content (AvgIpc) is 2.70. The summed E-state index contributed by atoms with van der Waals surface area (Å²) in [6.07, 6.45) is 0. The Morgan fingerprint density at radius 2 is 1.96 bits per heavy atom. The monoisotopic (exact) mass is 401 g/mol. The number of nitrogens with one attached hydrogen (secondary N) is 1. The maximum Gasteiger partial charge on any atom is 0.258 e. The third kappa shape index (κ3) is 3.80. The Bertz CT molecular complexity index is 1080. The maximum atomic E-state index is 13.0. The van der Waals surface area contributed by atoms with Gasteiger partial charge in [0.1, 0.15) is 5.82 Å². The lowest BCUT2D eigenvalue weighted by molar-refractivity contribution is 0.0748. The molecule has 1 aromatic heterocycles. The van der Waals surface area contributed by atoms with Gasteiger partial charge in [-0.3, -0.25) is 9.59 Å². The average molecular weight is 402 g/mol. The van der Waals surface area contributed by atoms with Crippen molar-refractivity contribution in [3.05, 3.63) is 63.2 Å². The van der Waals surface area contributed by atoms with Crippen molar-refractivity contribution in [2.75, 3.05) is 20.8 Å². The van der Waals surface area contributed by atoms with Gasteiger partial charge in [-0.25, -0.2) is 4.98 Å². The topological polar surface area (TPSA) is 84.5 Å². The molecule has 28 heavy (non-hydrogen) atoms. The minimum Gasteiger partial charge on any atom is -0.493 e. The van der Waals surface area contributed by atoms with Gasteiger partial charge < -0.3 is 19.4 Å². The molecule has 0 unspecified atom stereocenters. The number of fused-ring (bicyclic) bond motifs is 1. The first kappa shape index (κ1) is 19.7. The van der Waals surface area contributed by atoms with Crippen LogP contribution in [0.5, 0.6) is 11.5 Å². The Balaban J connectivity index is 1.93. The van der Waals surface area contributed by atoms with E-state index in [0.29, 0.717) is 40.3 Å². The summed E-state index contributed by atoms with van der Waals surface area (Å²) in [5.74, 6) is 0.877. The van der Waals surface area contributed by atoms with E-state index in [1.165, 1.54) is 20.3 Å². The standard InChI is InChI=1S/C20H20ClN3O4/c1-4-24(11-17-22-15-8-6-5-7-13(15)19(25)23-17)20(26)12-9-14(21)18(28-3)16(10-12)27-2/h5-10H,4,11H2,1-3H3,(H,22,23,25). The molecule has 1 amide bonds. The van der Waals surface area contributed by atoms with Crippen LogP contribution in [-0.4, -0.2) is 41.5 Å². The molecule has 0 aliphatic heterocycles. The number of para-hydroxylation sites is 1. The summed E-state index contributed by atoms with van der Waals surface area (Å²) in [4.78, 5) is 34.0. The summed E-state index contributed by atoms with van der Waals surface area (Å²) in [6.45, 7) is 2.42. The molecule has 7 nitrogen and oxygen atoms in total. The van der Waals surface area contributed by atoms with Crippen LogP contribution in [0.2, 0.25) is 5.02 Å². The van der Waals surface area contributed by atoms with Crippen molar-refractivity contribution in [3.63, 3.8) is 0 Å². The van der Waals surface area contributed by atoms with E-state index < -0.39 is 0 Å². The number of nitrogens with zero attached hydrogens (tertiary/aromatic N) is 2. The highest BCUT2D eigenvalue weighted by molar-refractivity contribution is 6.32. The number of aromatic nitrogens is 2. The highest BCUT2D eigenvalue weighted by Crippen LogP contribution is 2.36. The van der Waals surface area contributed by atoms with Gasteiger partial charge in [0.15, 0.2) is 11.5 Å². The number of halogens is 1. The van der Waals surface area contributed by atoms with E-state index in [-0.39, 0.29) is 23.0 Å². The molecule has 1 heterocycles. The minimum absolute atomic E-state index is 0.154. The molecule has 146 valence electrons. The molecular weight excluding hydrogens is 382 g/mol. The molecule has 1 N–H and O–H groups in total. The van der Waals surface area contributed by atoms with Crippen LogP contribution in [0.4, 0.5) is 0 Å². The Morgan fingerprint density at radius 1 is 1.21 bits per heavy atom. The number of H-pyrrole nitrogens is 1. The number of carbonyl (C=O) groups is 1. The summed E-state index contributed by atoms with van der Waals surface area (Å²) in [7, 11) is 2.95. The lowest BCUT2D eigenvalue weighted by Gasteiger charge is -2.21. The van der Waals surface area contributed by atoms with Crippen LogP contribution in [0.1, 0.15) is 23.1 Å². The molecular formula is C20H20ClN3O4. The van der Waals surface area contributed by atoms with E-state index in [2.05, 4.69) is 9.97 Å². The second kappa shape index (κ2) is 8.31. The number of aromatic amines is 1. The zero-order valence-electron chi connectivity index (χ0n) is 15.8. The Labute approximate surface area is 166 Å². The van der Waals surface area contributed by atoms with Gasteiger partial charge in [0.25, 0.3) is 11.5 Å². The van der Waals surface area contributed by atoms with E-state index in [9.17, 15) is 9.59 Å². The SMILES string of the molecule is CCN(Cc1nc2ccccc2c(=O)[nH]1)C(=O)c1cc(Cl)c(OC)c(OC)c1. The number of rotatable bonds is 6. The van der Waals surface area contributed by atoms with Crippen LogP contribution in [-0.2, 0) is 6.54 Å². The second-order valence-electron chi connectivity index (χ2n) is 6.04. The number of methoxy groups -OCH3 is 2. The van der Waals surface area contributed by atoms with Crippen molar-refractivity contribution in [3.8, 4) is 11.5 Å². The van der Waals surface area contributed by atoms with Crippen molar-refractivity contribution < 1.29 is 14.3 Å². The predicted molar refractivity (Wildman–Crippen MR) is 107 cm³/mol. The first-order chi connectivity index (χ1) is 13.5. The minimum atomic E-state index is -0.263. The molecule has 0 saturated carbocycles. The van der Waals surface area contributed by atoms with Crippen LogP contribution in [0.25, 0.3) is 10.9 Å². The number of carbonyl (C=O) groups excluding carboxylic acids is 1. The van der Waals surface area contributed by atoms with Gasteiger partial charge in [0.2, 0.25) is 0 Å². The van der Waals surface area contributed by atoms with Crippen LogP contribution >= 0.6 is 11.6 Å². The van der Waals surface area contributed by atoms with Crippen molar-refractivity contribution >= 4 is 28.4 Å². The smallest absolute Gasteiger partial charge is 0.258 e. The van der Waals surface area contributed by atoms with Crippen LogP contribution < -0.4 is 15.0 Å². The van der Waals surface area contributed by atoms with Gasteiger partial charge in [-0.05, 0) is 31.2 Å².